The third-order valence-electron chi connectivity index (χ3n) is 6.48. The van der Waals surface area contributed by atoms with E-state index >= 15 is 0 Å². The molecule has 0 fully saturated rings. The lowest BCUT2D eigenvalue weighted by atomic mass is 9.34. The molecule has 0 heterocycles. The fourth-order valence-corrected chi connectivity index (χ4v) is 4.52. The molecule has 0 nitrogen and oxygen atoms in total. The van der Waals surface area contributed by atoms with Crippen molar-refractivity contribution in [3.05, 3.63) is 102 Å². The first-order valence-corrected chi connectivity index (χ1v) is 11.9. The third kappa shape index (κ3) is 4.99. The maximum Gasteiger partial charge on any atom is 0.241 e. The molecule has 0 unspecified atom stereocenters. The Morgan fingerprint density at radius 2 is 0.969 bits per heavy atom. The van der Waals surface area contributed by atoms with Gasteiger partial charge >= 0.3 is 0 Å². The first kappa shape index (κ1) is 23.9. The van der Waals surface area contributed by atoms with E-state index in [0.29, 0.717) is 17.8 Å². The van der Waals surface area contributed by atoms with Crippen molar-refractivity contribution in [1.29, 1.82) is 0 Å². The summed E-state index contributed by atoms with van der Waals surface area (Å²) >= 11 is 0. The molecular weight excluding hydrogens is 383 g/mol. The number of hydrogen-bond donors (Lipinski definition) is 0. The largest absolute Gasteiger partial charge is 0.241 e. The normalized spacial score (nSPS) is 11.3. The maximum absolute atomic E-state index is 3.93. The van der Waals surface area contributed by atoms with Crippen molar-refractivity contribution in [3.63, 3.8) is 0 Å². The molecule has 0 saturated heterocycles. The molecule has 3 aromatic rings. The highest BCUT2D eigenvalue weighted by Gasteiger charge is 2.29. The van der Waals surface area contributed by atoms with E-state index in [-0.39, 0.29) is 6.71 Å². The lowest BCUT2D eigenvalue weighted by Gasteiger charge is -2.28. The molecule has 0 aliphatic rings. The average molecular weight is 420 g/mol. The van der Waals surface area contributed by atoms with Crippen LogP contribution < -0.4 is 16.4 Å². The molecule has 0 atom stereocenters. The summed E-state index contributed by atoms with van der Waals surface area (Å²) in [5, 5.41) is 0. The highest BCUT2D eigenvalue weighted by atomic mass is 14.2. The minimum Gasteiger partial charge on any atom is -0.0985 e. The molecule has 0 aliphatic heterocycles. The molecule has 3 aromatic carbocycles. The van der Waals surface area contributed by atoms with Gasteiger partial charge in [0.05, 0.1) is 0 Å². The zero-order valence-electron chi connectivity index (χ0n) is 20.7. The molecule has 0 aromatic heterocycles. The van der Waals surface area contributed by atoms with Crippen molar-refractivity contribution in [2.75, 3.05) is 0 Å². The van der Waals surface area contributed by atoms with Crippen LogP contribution in [0.2, 0.25) is 0 Å². The van der Waals surface area contributed by atoms with Crippen molar-refractivity contribution < 1.29 is 0 Å². The highest BCUT2D eigenvalue weighted by molar-refractivity contribution is 6.96. The molecule has 1 heteroatoms. The molecule has 0 bridgehead atoms. The Labute approximate surface area is 196 Å². The molecule has 32 heavy (non-hydrogen) atoms. The van der Waals surface area contributed by atoms with E-state index in [1.54, 1.807) is 0 Å². The monoisotopic (exact) mass is 420 g/mol. The van der Waals surface area contributed by atoms with E-state index in [2.05, 4.69) is 115 Å². The molecule has 0 N–H and O–H groups in total. The lowest BCUT2D eigenvalue weighted by molar-refractivity contribution is 0.812. The molecule has 164 valence electrons. The predicted molar refractivity (Wildman–Crippen MR) is 146 cm³/mol. The summed E-state index contributed by atoms with van der Waals surface area (Å²) in [5.41, 5.74) is 10.8. The van der Waals surface area contributed by atoms with Gasteiger partial charge < -0.3 is 0 Å². The number of hydrogen-bond acceptors (Lipinski definition) is 0. The Morgan fingerprint density at radius 3 is 1.25 bits per heavy atom. The molecular formula is C31H37B. The van der Waals surface area contributed by atoms with Crippen molar-refractivity contribution in [2.45, 2.75) is 59.3 Å². The zero-order chi connectivity index (χ0) is 23.4. The van der Waals surface area contributed by atoms with Crippen LogP contribution in [0.15, 0.2) is 73.8 Å². The van der Waals surface area contributed by atoms with Gasteiger partial charge in [0.1, 0.15) is 0 Å². The van der Waals surface area contributed by atoms with Crippen LogP contribution in [0, 0.1) is 0 Å². The minimum absolute atomic E-state index is 0.184. The summed E-state index contributed by atoms with van der Waals surface area (Å²) in [6.45, 7) is 21.9. The summed E-state index contributed by atoms with van der Waals surface area (Å²) in [7, 11) is 0. The average Bonchev–Trinajstić information content (AvgIpc) is 2.79. The zero-order valence-corrected chi connectivity index (χ0v) is 20.7. The van der Waals surface area contributed by atoms with Crippen LogP contribution in [0.4, 0.5) is 0 Å². The van der Waals surface area contributed by atoms with E-state index in [1.807, 2.05) is 12.2 Å². The van der Waals surface area contributed by atoms with Gasteiger partial charge in [-0.1, -0.05) is 144 Å². The molecule has 0 saturated carbocycles. The Morgan fingerprint density at radius 1 is 0.594 bits per heavy atom. The minimum atomic E-state index is 0.184. The Kier molecular flexibility index (Phi) is 7.62. The Bertz CT molecular complexity index is 986. The van der Waals surface area contributed by atoms with Crippen LogP contribution in [-0.2, 0) is 0 Å². The summed E-state index contributed by atoms with van der Waals surface area (Å²) in [6, 6.07) is 22.7. The second-order valence-corrected chi connectivity index (χ2v) is 9.75. The van der Waals surface area contributed by atoms with E-state index in [1.165, 1.54) is 33.1 Å². The van der Waals surface area contributed by atoms with Gasteiger partial charge in [-0.3, -0.25) is 0 Å². The fraction of sp³-hybridized carbons (Fsp3) is 0.290. The molecule has 0 radical (unpaired) electrons. The fourth-order valence-electron chi connectivity index (χ4n) is 4.52. The van der Waals surface area contributed by atoms with E-state index in [9.17, 15) is 0 Å². The van der Waals surface area contributed by atoms with Crippen molar-refractivity contribution in [1.82, 2.24) is 0 Å². The van der Waals surface area contributed by atoms with Crippen molar-refractivity contribution >= 4 is 35.3 Å². The van der Waals surface area contributed by atoms with Gasteiger partial charge in [-0.05, 0) is 45.6 Å². The van der Waals surface area contributed by atoms with Crippen LogP contribution in [0.5, 0.6) is 0 Å². The van der Waals surface area contributed by atoms with Gasteiger partial charge in [0.2, 0.25) is 6.71 Å². The maximum atomic E-state index is 3.93. The first-order chi connectivity index (χ1) is 15.3. The summed E-state index contributed by atoms with van der Waals surface area (Å²) in [6.07, 6.45) is 3.82. The Balaban J connectivity index is 2.36. The SMILES string of the molecule is C=Cc1ccc(B(c2ccc(C=C)cc2)c2c(C(C)C)cc(C(C)C)cc2C(C)C)cc1. The van der Waals surface area contributed by atoms with Crippen LogP contribution in [0.25, 0.3) is 12.2 Å². The number of rotatable bonds is 8. The van der Waals surface area contributed by atoms with Crippen molar-refractivity contribution in [3.8, 4) is 0 Å². The first-order valence-electron chi connectivity index (χ1n) is 11.9. The van der Waals surface area contributed by atoms with E-state index in [4.69, 9.17) is 0 Å². The topological polar surface area (TPSA) is 0 Å². The van der Waals surface area contributed by atoms with Crippen LogP contribution >= 0.6 is 0 Å². The molecule has 3 rings (SSSR count). The lowest BCUT2D eigenvalue weighted by Crippen LogP contribution is -2.55. The second kappa shape index (κ2) is 10.2. The van der Waals surface area contributed by atoms with Gasteiger partial charge in [-0.25, -0.2) is 0 Å². The summed E-state index contributed by atoms with van der Waals surface area (Å²) in [4.78, 5) is 0. The Hall–Kier alpha value is -2.80. The van der Waals surface area contributed by atoms with E-state index < -0.39 is 0 Å². The highest BCUT2D eigenvalue weighted by Crippen LogP contribution is 2.26. The van der Waals surface area contributed by atoms with Gasteiger partial charge in [0, 0.05) is 0 Å². The van der Waals surface area contributed by atoms with Gasteiger partial charge in [-0.15, -0.1) is 0 Å². The van der Waals surface area contributed by atoms with Gasteiger partial charge in [0.25, 0.3) is 0 Å². The van der Waals surface area contributed by atoms with Crippen molar-refractivity contribution in [2.24, 2.45) is 0 Å². The van der Waals surface area contributed by atoms with Crippen LogP contribution in [0.1, 0.15) is 87.1 Å². The van der Waals surface area contributed by atoms with Crippen LogP contribution in [-0.4, -0.2) is 6.71 Å². The molecule has 0 spiro atoms. The standard InChI is InChI=1S/C31H37B/c1-9-24-11-15-27(16-12-24)32(28-17-13-25(10-2)14-18-28)31-29(22(5)6)19-26(21(3)4)20-30(31)23(7)8/h9-23H,1-2H2,3-8H3. The van der Waals surface area contributed by atoms with Gasteiger partial charge in [0.15, 0.2) is 0 Å². The molecule has 0 amide bonds. The van der Waals surface area contributed by atoms with E-state index in [0.717, 1.165) is 11.1 Å². The summed E-state index contributed by atoms with van der Waals surface area (Å²) < 4.78 is 0. The van der Waals surface area contributed by atoms with Crippen LogP contribution in [0.3, 0.4) is 0 Å². The quantitative estimate of drug-likeness (QED) is 0.349. The third-order valence-corrected chi connectivity index (χ3v) is 6.48. The predicted octanol–water partition coefficient (Wildman–Crippen LogP) is 6.86. The second-order valence-electron chi connectivity index (χ2n) is 9.75. The molecule has 0 aliphatic carbocycles. The smallest absolute Gasteiger partial charge is 0.0985 e. The number of benzene rings is 3. The van der Waals surface area contributed by atoms with Gasteiger partial charge in [-0.2, -0.15) is 0 Å². The summed E-state index contributed by atoms with van der Waals surface area (Å²) in [5.74, 6) is 1.41.